The van der Waals surface area contributed by atoms with Crippen LogP contribution in [-0.4, -0.2) is 13.1 Å². The van der Waals surface area contributed by atoms with E-state index < -0.39 is 0 Å². The maximum atomic E-state index is 13.9. The molecular formula is C14H22ClFN2. The molecule has 1 rings (SSSR count). The summed E-state index contributed by atoms with van der Waals surface area (Å²) in [4.78, 5) is 0. The summed E-state index contributed by atoms with van der Waals surface area (Å²) in [6.07, 6.45) is 2.22. The Balaban J connectivity index is 2.74. The summed E-state index contributed by atoms with van der Waals surface area (Å²) in [5.74, 6) is 0.230. The van der Waals surface area contributed by atoms with Crippen molar-refractivity contribution in [2.24, 2.45) is 11.7 Å². The lowest BCUT2D eigenvalue weighted by atomic mass is 10.0. The fraction of sp³-hybridized carbons (Fsp3) is 0.571. The van der Waals surface area contributed by atoms with Crippen LogP contribution in [0.3, 0.4) is 0 Å². The van der Waals surface area contributed by atoms with Crippen LogP contribution in [0.2, 0.25) is 5.02 Å². The van der Waals surface area contributed by atoms with Gasteiger partial charge in [0.05, 0.1) is 5.02 Å². The van der Waals surface area contributed by atoms with Gasteiger partial charge in [-0.1, -0.05) is 50.4 Å². The lowest BCUT2D eigenvalue weighted by Crippen LogP contribution is -2.32. The predicted molar refractivity (Wildman–Crippen MR) is 75.3 cm³/mol. The van der Waals surface area contributed by atoms with Crippen molar-refractivity contribution in [3.05, 3.63) is 34.6 Å². The molecule has 1 atom stereocenters. The highest BCUT2D eigenvalue weighted by Gasteiger charge is 2.16. The van der Waals surface area contributed by atoms with E-state index in [2.05, 4.69) is 19.2 Å². The van der Waals surface area contributed by atoms with E-state index in [0.29, 0.717) is 18.0 Å². The van der Waals surface area contributed by atoms with Crippen molar-refractivity contribution < 1.29 is 4.39 Å². The van der Waals surface area contributed by atoms with Gasteiger partial charge in [-0.2, -0.15) is 0 Å². The highest BCUT2D eigenvalue weighted by atomic mass is 35.5. The van der Waals surface area contributed by atoms with Crippen LogP contribution in [0.1, 0.15) is 38.3 Å². The minimum absolute atomic E-state index is 0.148. The zero-order valence-electron chi connectivity index (χ0n) is 11.0. The summed E-state index contributed by atoms with van der Waals surface area (Å²) in [5, 5.41) is 3.48. The fourth-order valence-corrected chi connectivity index (χ4v) is 2.18. The first-order chi connectivity index (χ1) is 8.63. The molecule has 0 aromatic heterocycles. The Bertz CT molecular complexity index is 367. The third-order valence-corrected chi connectivity index (χ3v) is 3.69. The number of hydrogen-bond donors (Lipinski definition) is 2. The summed E-state index contributed by atoms with van der Waals surface area (Å²) >= 11 is 5.79. The molecule has 2 nitrogen and oxygen atoms in total. The Morgan fingerprint density at radius 1 is 1.33 bits per heavy atom. The lowest BCUT2D eigenvalue weighted by Gasteiger charge is -2.21. The van der Waals surface area contributed by atoms with Crippen molar-refractivity contribution >= 4 is 11.6 Å². The quantitative estimate of drug-likeness (QED) is 0.797. The molecule has 102 valence electrons. The van der Waals surface area contributed by atoms with Crippen molar-refractivity contribution in [2.75, 3.05) is 13.1 Å². The highest BCUT2D eigenvalue weighted by molar-refractivity contribution is 6.30. The van der Waals surface area contributed by atoms with Crippen LogP contribution in [-0.2, 0) is 0 Å². The minimum atomic E-state index is -0.369. The maximum Gasteiger partial charge on any atom is 0.146 e. The minimum Gasteiger partial charge on any atom is -0.329 e. The van der Waals surface area contributed by atoms with Crippen LogP contribution in [0.5, 0.6) is 0 Å². The molecule has 0 heterocycles. The van der Waals surface area contributed by atoms with Crippen LogP contribution >= 0.6 is 11.6 Å². The molecule has 0 radical (unpaired) electrons. The molecule has 0 aliphatic rings. The number of nitrogens with one attached hydrogen (secondary N) is 1. The SMILES string of the molecule is CCC(CC)CNC(CN)c1cccc(Cl)c1F. The molecule has 0 aliphatic carbocycles. The lowest BCUT2D eigenvalue weighted by molar-refractivity contribution is 0.407. The van der Waals surface area contributed by atoms with Crippen LogP contribution in [0.15, 0.2) is 18.2 Å². The largest absolute Gasteiger partial charge is 0.329 e. The van der Waals surface area contributed by atoms with Gasteiger partial charge in [0.1, 0.15) is 5.82 Å². The van der Waals surface area contributed by atoms with Crippen molar-refractivity contribution in [2.45, 2.75) is 32.7 Å². The summed E-state index contributed by atoms with van der Waals surface area (Å²) < 4.78 is 13.9. The van der Waals surface area contributed by atoms with Crippen molar-refractivity contribution in [1.82, 2.24) is 5.32 Å². The Morgan fingerprint density at radius 3 is 2.56 bits per heavy atom. The fourth-order valence-electron chi connectivity index (χ4n) is 2.00. The van der Waals surface area contributed by atoms with Gasteiger partial charge in [0.2, 0.25) is 0 Å². The molecule has 1 unspecified atom stereocenters. The third-order valence-electron chi connectivity index (χ3n) is 3.40. The molecule has 0 bridgehead atoms. The van der Waals surface area contributed by atoms with Crippen molar-refractivity contribution in [1.29, 1.82) is 0 Å². The zero-order valence-corrected chi connectivity index (χ0v) is 11.8. The second kappa shape index (κ2) is 7.72. The molecule has 0 saturated carbocycles. The summed E-state index contributed by atoms with van der Waals surface area (Å²) in [5.41, 5.74) is 6.27. The van der Waals surface area contributed by atoms with Crippen molar-refractivity contribution in [3.8, 4) is 0 Å². The molecule has 3 N–H and O–H groups in total. The van der Waals surface area contributed by atoms with Crippen LogP contribution in [0.25, 0.3) is 0 Å². The van der Waals surface area contributed by atoms with Crippen molar-refractivity contribution in [3.63, 3.8) is 0 Å². The van der Waals surface area contributed by atoms with E-state index >= 15 is 0 Å². The molecule has 4 heteroatoms. The Kier molecular flexibility index (Phi) is 6.61. The Labute approximate surface area is 114 Å². The van der Waals surface area contributed by atoms with Gasteiger partial charge in [0.25, 0.3) is 0 Å². The number of halogens is 2. The molecule has 0 amide bonds. The Morgan fingerprint density at radius 2 is 2.00 bits per heavy atom. The van der Waals surface area contributed by atoms with E-state index in [-0.39, 0.29) is 16.9 Å². The maximum absolute atomic E-state index is 13.9. The smallest absolute Gasteiger partial charge is 0.146 e. The molecule has 0 fully saturated rings. The monoisotopic (exact) mass is 272 g/mol. The van der Waals surface area contributed by atoms with Crippen LogP contribution in [0.4, 0.5) is 4.39 Å². The van der Waals surface area contributed by atoms with Gasteiger partial charge in [-0.05, 0) is 18.5 Å². The number of hydrogen-bond acceptors (Lipinski definition) is 2. The average molecular weight is 273 g/mol. The molecule has 1 aromatic carbocycles. The first kappa shape index (κ1) is 15.4. The molecule has 0 saturated heterocycles. The molecule has 0 spiro atoms. The normalized spacial score (nSPS) is 13.0. The first-order valence-corrected chi connectivity index (χ1v) is 6.89. The average Bonchev–Trinajstić information content (AvgIpc) is 2.39. The Hall–Kier alpha value is -0.640. The summed E-state index contributed by atoms with van der Waals surface area (Å²) in [6.45, 7) is 5.53. The molecule has 18 heavy (non-hydrogen) atoms. The van der Waals surface area contributed by atoms with Gasteiger partial charge in [-0.25, -0.2) is 4.39 Å². The predicted octanol–water partition coefficient (Wildman–Crippen LogP) is 3.50. The summed E-state index contributed by atoms with van der Waals surface area (Å²) in [6, 6.07) is 4.86. The number of rotatable bonds is 7. The third kappa shape index (κ3) is 3.94. The van der Waals surface area contributed by atoms with Gasteiger partial charge >= 0.3 is 0 Å². The van der Waals surface area contributed by atoms with Gasteiger partial charge in [-0.15, -0.1) is 0 Å². The second-order valence-corrected chi connectivity index (χ2v) is 4.93. The van der Waals surface area contributed by atoms with Crippen LogP contribution < -0.4 is 11.1 Å². The van der Waals surface area contributed by atoms with E-state index in [9.17, 15) is 4.39 Å². The summed E-state index contributed by atoms with van der Waals surface area (Å²) in [7, 11) is 0. The van der Waals surface area contributed by atoms with Gasteiger partial charge in [0, 0.05) is 18.2 Å². The highest BCUT2D eigenvalue weighted by Crippen LogP contribution is 2.23. The number of benzene rings is 1. The molecular weight excluding hydrogens is 251 g/mol. The van der Waals surface area contributed by atoms with Gasteiger partial charge in [0.15, 0.2) is 0 Å². The second-order valence-electron chi connectivity index (χ2n) is 4.52. The van der Waals surface area contributed by atoms with E-state index in [4.69, 9.17) is 17.3 Å². The van der Waals surface area contributed by atoms with Gasteiger partial charge in [-0.3, -0.25) is 0 Å². The standard InChI is InChI=1S/C14H22ClFN2/c1-3-10(4-2)9-18-13(8-17)11-6-5-7-12(15)14(11)16/h5-7,10,13,18H,3-4,8-9,17H2,1-2H3. The molecule has 1 aromatic rings. The van der Waals surface area contributed by atoms with E-state index in [1.807, 2.05) is 0 Å². The van der Waals surface area contributed by atoms with Crippen LogP contribution in [0, 0.1) is 11.7 Å². The van der Waals surface area contributed by atoms with Gasteiger partial charge < -0.3 is 11.1 Å². The van der Waals surface area contributed by atoms with E-state index in [0.717, 1.165) is 19.4 Å². The van der Waals surface area contributed by atoms with E-state index in [1.54, 1.807) is 18.2 Å². The van der Waals surface area contributed by atoms with E-state index in [1.165, 1.54) is 0 Å². The molecule has 0 aliphatic heterocycles. The first-order valence-electron chi connectivity index (χ1n) is 6.51. The zero-order chi connectivity index (χ0) is 13.5. The number of nitrogens with two attached hydrogens (primary N) is 1. The topological polar surface area (TPSA) is 38.0 Å².